The molecule has 4 N–H and O–H groups in total. The van der Waals surface area contributed by atoms with Crippen LogP contribution in [0, 0.1) is 28.1 Å². The van der Waals surface area contributed by atoms with Gasteiger partial charge in [-0.2, -0.15) is 5.26 Å². The molecule has 4 amide bonds. The van der Waals surface area contributed by atoms with Crippen LogP contribution in [0.4, 0.5) is 0 Å². The molecule has 2 aliphatic heterocycles. The van der Waals surface area contributed by atoms with Gasteiger partial charge in [0.05, 0.1) is 28.9 Å². The van der Waals surface area contributed by atoms with E-state index in [0.29, 0.717) is 40.1 Å². The second-order valence-corrected chi connectivity index (χ2v) is 19.7. The summed E-state index contributed by atoms with van der Waals surface area (Å²) in [5, 5.41) is 29.4. The number of amides is 4. The Morgan fingerprint density at radius 1 is 1.00 bits per heavy atom. The number of aliphatic hydroxyl groups excluding tert-OH is 1. The monoisotopic (exact) mass is 915 g/mol. The van der Waals surface area contributed by atoms with E-state index in [2.05, 4.69) is 54.6 Å². The van der Waals surface area contributed by atoms with Gasteiger partial charge >= 0.3 is 0 Å². The number of aliphatic hydroxyl groups is 1. The number of ether oxygens (including phenoxy) is 2. The molecule has 0 bridgehead atoms. The van der Waals surface area contributed by atoms with Crippen LogP contribution in [0.2, 0.25) is 22.7 Å². The Morgan fingerprint density at radius 2 is 1.69 bits per heavy atom. The fourth-order valence-electron chi connectivity index (χ4n) is 9.74. The zero-order valence-electron chi connectivity index (χ0n) is 37.7. The van der Waals surface area contributed by atoms with Crippen molar-refractivity contribution < 1.29 is 33.8 Å². The van der Waals surface area contributed by atoms with E-state index in [4.69, 9.17) is 37.7 Å². The molecular formula is C47H60BCl2N7O7. The molecule has 0 spiro atoms. The molecule has 1 aromatic heterocycles. The van der Waals surface area contributed by atoms with Crippen molar-refractivity contribution in [2.75, 3.05) is 32.8 Å². The molecule has 2 aromatic carbocycles. The lowest BCUT2D eigenvalue weighted by Gasteiger charge is -2.63. The van der Waals surface area contributed by atoms with Gasteiger partial charge in [0, 0.05) is 65.8 Å². The maximum absolute atomic E-state index is 13.5. The Hall–Kier alpha value is -4.72. The van der Waals surface area contributed by atoms with Crippen molar-refractivity contribution in [2.24, 2.45) is 16.7 Å². The van der Waals surface area contributed by atoms with Crippen molar-refractivity contribution in [2.45, 2.75) is 111 Å². The van der Waals surface area contributed by atoms with Gasteiger partial charge in [0.1, 0.15) is 36.1 Å². The molecule has 3 aliphatic rings. The quantitative estimate of drug-likeness (QED) is 0.147. The third-order valence-corrected chi connectivity index (χ3v) is 13.6. The molecule has 2 saturated heterocycles. The van der Waals surface area contributed by atoms with Gasteiger partial charge in [0.15, 0.2) is 0 Å². The van der Waals surface area contributed by atoms with E-state index in [-0.39, 0.29) is 56.1 Å². The molecule has 1 saturated carbocycles. The van der Waals surface area contributed by atoms with Gasteiger partial charge in [-0.3, -0.25) is 24.2 Å². The van der Waals surface area contributed by atoms with E-state index in [1.54, 1.807) is 55.6 Å². The minimum Gasteiger partial charge on any atom is -0.489 e. The van der Waals surface area contributed by atoms with Crippen LogP contribution < -0.4 is 26.3 Å². The summed E-state index contributed by atoms with van der Waals surface area (Å²) >= 11 is 12.2. The van der Waals surface area contributed by atoms with Crippen molar-refractivity contribution in [3.8, 4) is 11.8 Å². The summed E-state index contributed by atoms with van der Waals surface area (Å²) in [6.07, 6.45) is 1.66. The van der Waals surface area contributed by atoms with Crippen LogP contribution in [0.3, 0.4) is 0 Å². The summed E-state index contributed by atoms with van der Waals surface area (Å²) in [4.78, 5) is 61.9. The summed E-state index contributed by atoms with van der Waals surface area (Å²) < 4.78 is 12.5. The van der Waals surface area contributed by atoms with Gasteiger partial charge < -0.3 is 40.3 Å². The highest BCUT2D eigenvalue weighted by Gasteiger charge is 2.64. The van der Waals surface area contributed by atoms with Crippen molar-refractivity contribution in [3.63, 3.8) is 0 Å². The van der Waals surface area contributed by atoms with Crippen LogP contribution in [0.5, 0.6) is 5.75 Å². The zero-order valence-corrected chi connectivity index (χ0v) is 39.2. The molecule has 64 heavy (non-hydrogen) atoms. The number of benzene rings is 2. The Balaban J connectivity index is 0.926. The minimum atomic E-state index is -0.942. The van der Waals surface area contributed by atoms with E-state index < -0.39 is 46.9 Å². The van der Waals surface area contributed by atoms with Crippen LogP contribution in [0.1, 0.15) is 76.4 Å². The van der Waals surface area contributed by atoms with Crippen molar-refractivity contribution in [3.05, 3.63) is 87.5 Å². The molecular weight excluding hydrogens is 856 g/mol. The first-order valence-corrected chi connectivity index (χ1v) is 22.8. The number of rotatable bonds is 16. The van der Waals surface area contributed by atoms with Crippen LogP contribution in [-0.2, 0) is 25.7 Å². The molecule has 14 nitrogen and oxygen atoms in total. The maximum Gasteiger partial charge on any atom is 0.253 e. The molecule has 3 heterocycles. The Bertz CT molecular complexity index is 2180. The summed E-state index contributed by atoms with van der Waals surface area (Å²) in [7, 11) is 0. The Morgan fingerprint density at radius 3 is 2.30 bits per heavy atom. The Labute approximate surface area is 386 Å². The lowest BCUT2D eigenvalue weighted by Crippen LogP contribution is -2.74. The van der Waals surface area contributed by atoms with E-state index in [9.17, 15) is 29.5 Å². The number of β-amino-alcohol motifs (C(OH)–C–C–N with tert-alkyl or cyclic N) is 1. The molecule has 3 aromatic rings. The molecule has 0 radical (unpaired) electrons. The smallest absolute Gasteiger partial charge is 0.253 e. The topological polar surface area (TPSA) is 186 Å². The number of nitrogens with zero attached hydrogens (tertiary/aromatic N) is 4. The minimum absolute atomic E-state index is 0.00661. The van der Waals surface area contributed by atoms with Crippen LogP contribution >= 0.6 is 23.2 Å². The van der Waals surface area contributed by atoms with E-state index in [0.717, 1.165) is 36.9 Å². The maximum atomic E-state index is 13.5. The normalized spacial score (nSPS) is 22.5. The van der Waals surface area contributed by atoms with Gasteiger partial charge in [0.2, 0.25) is 24.4 Å². The molecule has 4 atom stereocenters. The summed E-state index contributed by atoms with van der Waals surface area (Å²) in [5.41, 5.74) is 1.88. The Kier molecular flexibility index (Phi) is 15.7. The van der Waals surface area contributed by atoms with Crippen LogP contribution in [0.15, 0.2) is 60.8 Å². The fraction of sp³-hybridized carbons (Fsp3) is 0.532. The third-order valence-electron chi connectivity index (χ3n) is 13.0. The fourth-order valence-corrected chi connectivity index (χ4v) is 10.1. The van der Waals surface area contributed by atoms with Gasteiger partial charge in [-0.15, -0.1) is 0 Å². The third kappa shape index (κ3) is 11.2. The van der Waals surface area contributed by atoms with Gasteiger partial charge in [-0.05, 0) is 67.9 Å². The molecule has 3 fully saturated rings. The number of likely N-dealkylation sites (tertiary alicyclic amines) is 1. The first-order valence-electron chi connectivity index (χ1n) is 22.1. The first kappa shape index (κ1) is 48.7. The molecule has 17 heteroatoms. The van der Waals surface area contributed by atoms with Gasteiger partial charge in [-0.25, -0.2) is 0 Å². The van der Waals surface area contributed by atoms with E-state index in [1.807, 2.05) is 26.0 Å². The number of carbonyl (C=O) groups is 4. The van der Waals surface area contributed by atoms with Crippen molar-refractivity contribution >= 4 is 59.1 Å². The number of halogens is 2. The van der Waals surface area contributed by atoms with Gasteiger partial charge in [-0.1, -0.05) is 89.5 Å². The average molecular weight is 917 g/mol. The van der Waals surface area contributed by atoms with E-state index in [1.165, 1.54) is 4.90 Å². The van der Waals surface area contributed by atoms with E-state index >= 15 is 0 Å². The number of hydrogen-bond donors (Lipinski definition) is 4. The second kappa shape index (κ2) is 20.6. The SMILES string of the molecule is CC(C)[C@H](OCCN1CCB(c2ccc(C(=O)NC3C(C)(C)C(Oc4ccc(C#N)c(Cl)c4)C3(C)C)cn2)CC1)C(=O)N[C@@H](C)C(=O)N1C[C@H](O)C[C@H]1C(=O)NCc1ccc(Cl)cc1. The largest absolute Gasteiger partial charge is 0.489 e. The number of nitrogens with one attached hydrogen (secondary N) is 3. The molecule has 1 aliphatic carbocycles. The first-order chi connectivity index (χ1) is 30.3. The lowest BCUT2D eigenvalue weighted by molar-refractivity contribution is -0.164. The highest BCUT2D eigenvalue weighted by Crippen LogP contribution is 2.55. The number of nitriles is 1. The standard InChI is InChI=1S/C47H60BCl2N7O7/c1-28(2)39(42(61)54-29(3)43(62)57-27-34(58)22-37(57)41(60)53-25-30-8-12-33(49)13-9-30)63-21-20-56-18-16-48(17-19-56)38-15-11-32(26-52-38)40(59)55-44-46(4,5)45(47(44,6)7)64-35-14-10-31(24-51)36(50)23-35/h8-15,23,26,28-29,34,37,39,44-45,58H,16-22,25,27H2,1-7H3,(H,53,60)(H,54,61)(H,55,59)/t29-,34+,37-,39-,44?,45?/m0/s1. The molecule has 342 valence electrons. The number of pyridine rings is 1. The molecule has 0 unspecified atom stereocenters. The number of aromatic nitrogens is 1. The number of carbonyl (C=O) groups excluding carboxylic acids is 4. The summed E-state index contributed by atoms with van der Waals surface area (Å²) in [6.45, 7) is 16.7. The summed E-state index contributed by atoms with van der Waals surface area (Å²) in [5.74, 6) is -1.03. The number of hydrogen-bond acceptors (Lipinski definition) is 10. The zero-order chi connectivity index (χ0) is 46.5. The highest BCUT2D eigenvalue weighted by molar-refractivity contribution is 6.72. The predicted octanol–water partition coefficient (Wildman–Crippen LogP) is 4.71. The molecule has 6 rings (SSSR count). The predicted molar refractivity (Wildman–Crippen MR) is 247 cm³/mol. The van der Waals surface area contributed by atoms with Crippen molar-refractivity contribution in [1.82, 2.24) is 30.7 Å². The second-order valence-electron chi connectivity index (χ2n) is 18.9. The van der Waals surface area contributed by atoms with Crippen LogP contribution in [0.25, 0.3) is 0 Å². The highest BCUT2D eigenvalue weighted by atomic mass is 35.5. The van der Waals surface area contributed by atoms with Gasteiger partial charge in [0.25, 0.3) is 5.91 Å². The average Bonchev–Trinajstić information content (AvgIpc) is 3.66. The van der Waals surface area contributed by atoms with Crippen molar-refractivity contribution in [1.29, 1.82) is 5.26 Å². The lowest BCUT2D eigenvalue weighted by atomic mass is 9.41. The summed E-state index contributed by atoms with van der Waals surface area (Å²) in [6, 6.07) is 16.0. The van der Waals surface area contributed by atoms with Crippen LogP contribution in [-0.4, -0.2) is 119 Å².